The Hall–Kier alpha value is -2.08. The molecule has 0 aliphatic carbocycles. The number of hydrogen-bond acceptors (Lipinski definition) is 8. The highest BCUT2D eigenvalue weighted by Crippen LogP contribution is 2.20. The molecule has 0 fully saturated rings. The SMILES string of the molecule is O=C(O)c1cc(C(=O)O)c(COCOCCO)cc1COCOCCO. The van der Waals surface area contributed by atoms with Crippen LogP contribution in [-0.4, -0.2) is 72.4 Å². The number of carboxylic acids is 2. The summed E-state index contributed by atoms with van der Waals surface area (Å²) in [5.41, 5.74) is 0.102. The molecule has 0 saturated heterocycles. The molecule has 1 rings (SSSR count). The standard InChI is InChI=1S/C16H22O10/c17-1-3-23-9-25-7-11-5-12(8-26-10-24-4-2-18)14(16(21)22)6-13(11)15(19)20/h5-6,17-18H,1-4,7-10H2,(H,19,20)(H,21,22). The van der Waals surface area contributed by atoms with E-state index >= 15 is 0 Å². The van der Waals surface area contributed by atoms with E-state index in [2.05, 4.69) is 0 Å². The molecular weight excluding hydrogens is 352 g/mol. The van der Waals surface area contributed by atoms with Crippen LogP contribution in [0, 0.1) is 0 Å². The average Bonchev–Trinajstić information content (AvgIpc) is 2.60. The Labute approximate surface area is 149 Å². The lowest BCUT2D eigenvalue weighted by molar-refractivity contribution is -0.0708. The summed E-state index contributed by atoms with van der Waals surface area (Å²) in [6.45, 7) is -0.731. The molecule has 10 heteroatoms. The second-order valence-corrected chi connectivity index (χ2v) is 4.97. The number of aromatic carboxylic acids is 2. The third kappa shape index (κ3) is 7.44. The second kappa shape index (κ2) is 12.3. The first kappa shape index (κ1) is 22.0. The maximum Gasteiger partial charge on any atom is 0.336 e. The minimum Gasteiger partial charge on any atom is -0.478 e. The van der Waals surface area contributed by atoms with Crippen molar-refractivity contribution >= 4 is 11.9 Å². The Morgan fingerprint density at radius 3 is 1.50 bits per heavy atom. The van der Waals surface area contributed by atoms with Gasteiger partial charge in [-0.25, -0.2) is 9.59 Å². The van der Waals surface area contributed by atoms with Gasteiger partial charge < -0.3 is 39.4 Å². The molecule has 0 amide bonds. The van der Waals surface area contributed by atoms with Crippen molar-refractivity contribution in [2.75, 3.05) is 40.0 Å². The maximum absolute atomic E-state index is 11.4. The van der Waals surface area contributed by atoms with Crippen LogP contribution in [0.3, 0.4) is 0 Å². The molecule has 1 aromatic rings. The molecule has 1 aromatic carbocycles. The van der Waals surface area contributed by atoms with Gasteiger partial charge in [-0.05, 0) is 23.3 Å². The van der Waals surface area contributed by atoms with Gasteiger partial charge in [-0.3, -0.25) is 0 Å². The van der Waals surface area contributed by atoms with Gasteiger partial charge in [-0.2, -0.15) is 0 Å². The zero-order chi connectivity index (χ0) is 19.4. The first-order chi connectivity index (χ1) is 12.5. The van der Waals surface area contributed by atoms with Crippen molar-refractivity contribution in [1.82, 2.24) is 0 Å². The first-order valence-corrected chi connectivity index (χ1v) is 7.66. The van der Waals surface area contributed by atoms with E-state index in [0.29, 0.717) is 0 Å². The summed E-state index contributed by atoms with van der Waals surface area (Å²) < 4.78 is 20.2. The molecule has 10 nitrogen and oxygen atoms in total. The van der Waals surface area contributed by atoms with Crippen molar-refractivity contribution in [2.45, 2.75) is 13.2 Å². The van der Waals surface area contributed by atoms with E-state index in [4.69, 9.17) is 29.2 Å². The van der Waals surface area contributed by atoms with E-state index in [9.17, 15) is 19.8 Å². The molecule has 0 atom stereocenters. The largest absolute Gasteiger partial charge is 0.478 e. The number of hydrogen-bond donors (Lipinski definition) is 4. The Morgan fingerprint density at radius 2 is 1.15 bits per heavy atom. The van der Waals surface area contributed by atoms with Crippen LogP contribution in [0.5, 0.6) is 0 Å². The van der Waals surface area contributed by atoms with Crippen molar-refractivity contribution in [1.29, 1.82) is 0 Å². The summed E-state index contributed by atoms with van der Waals surface area (Å²) in [5, 5.41) is 35.8. The fourth-order valence-corrected chi connectivity index (χ4v) is 2.00. The fourth-order valence-electron chi connectivity index (χ4n) is 2.00. The Bertz CT molecular complexity index is 539. The first-order valence-electron chi connectivity index (χ1n) is 7.66. The molecule has 0 heterocycles. The summed E-state index contributed by atoms with van der Waals surface area (Å²) in [6.07, 6.45) is 0. The molecule has 4 N–H and O–H groups in total. The van der Waals surface area contributed by atoms with Gasteiger partial charge in [0.15, 0.2) is 0 Å². The summed E-state index contributed by atoms with van der Waals surface area (Å²) in [5.74, 6) is -2.58. The molecule has 0 aromatic heterocycles. The Balaban J connectivity index is 2.89. The van der Waals surface area contributed by atoms with Crippen molar-refractivity contribution in [2.24, 2.45) is 0 Å². The minimum absolute atomic E-state index is 0.0800. The highest BCUT2D eigenvalue weighted by molar-refractivity contribution is 5.96. The smallest absolute Gasteiger partial charge is 0.336 e. The Morgan fingerprint density at radius 1 is 0.731 bits per heavy atom. The van der Waals surface area contributed by atoms with E-state index in [1.54, 1.807) is 0 Å². The lowest BCUT2D eigenvalue weighted by atomic mass is 9.99. The quantitative estimate of drug-likeness (QED) is 0.259. The molecule has 0 aliphatic heterocycles. The van der Waals surface area contributed by atoms with Crippen LogP contribution < -0.4 is 0 Å². The predicted molar refractivity (Wildman–Crippen MR) is 85.7 cm³/mol. The summed E-state index contributed by atoms with van der Waals surface area (Å²) in [4.78, 5) is 22.8. The Kier molecular flexibility index (Phi) is 10.4. The lowest BCUT2D eigenvalue weighted by Gasteiger charge is -2.13. The third-order valence-corrected chi connectivity index (χ3v) is 3.11. The second-order valence-electron chi connectivity index (χ2n) is 4.97. The molecule has 0 spiro atoms. The van der Waals surface area contributed by atoms with Gasteiger partial charge in [0.05, 0.1) is 50.8 Å². The molecule has 146 valence electrons. The number of aliphatic hydroxyl groups excluding tert-OH is 2. The van der Waals surface area contributed by atoms with Crippen molar-refractivity contribution < 1.29 is 49.0 Å². The van der Waals surface area contributed by atoms with Gasteiger partial charge >= 0.3 is 11.9 Å². The van der Waals surface area contributed by atoms with E-state index < -0.39 is 11.9 Å². The summed E-state index contributed by atoms with van der Waals surface area (Å²) >= 11 is 0. The molecule has 0 radical (unpaired) electrons. The summed E-state index contributed by atoms with van der Waals surface area (Å²) in [7, 11) is 0. The van der Waals surface area contributed by atoms with E-state index in [1.807, 2.05) is 0 Å². The van der Waals surface area contributed by atoms with Gasteiger partial charge in [-0.15, -0.1) is 0 Å². The van der Waals surface area contributed by atoms with Crippen LogP contribution in [0.2, 0.25) is 0 Å². The van der Waals surface area contributed by atoms with Gasteiger partial charge in [0.2, 0.25) is 0 Å². The summed E-state index contributed by atoms with van der Waals surface area (Å²) in [6, 6.07) is 2.43. The third-order valence-electron chi connectivity index (χ3n) is 3.11. The van der Waals surface area contributed by atoms with E-state index in [0.717, 1.165) is 6.07 Å². The van der Waals surface area contributed by atoms with Crippen LogP contribution in [0.15, 0.2) is 12.1 Å². The molecule has 0 unspecified atom stereocenters. The zero-order valence-corrected chi connectivity index (χ0v) is 14.0. The van der Waals surface area contributed by atoms with Crippen molar-refractivity contribution in [3.05, 3.63) is 34.4 Å². The van der Waals surface area contributed by atoms with Gasteiger partial charge in [-0.1, -0.05) is 0 Å². The van der Waals surface area contributed by atoms with Crippen LogP contribution in [-0.2, 0) is 32.2 Å². The number of carboxylic acid groups (broad SMARTS) is 2. The molecule has 0 saturated carbocycles. The van der Waals surface area contributed by atoms with Crippen molar-refractivity contribution in [3.8, 4) is 0 Å². The molecule has 0 bridgehead atoms. The fraction of sp³-hybridized carbons (Fsp3) is 0.500. The molecular formula is C16H22O10. The van der Waals surface area contributed by atoms with Crippen LogP contribution in [0.4, 0.5) is 0 Å². The molecule has 26 heavy (non-hydrogen) atoms. The topological polar surface area (TPSA) is 152 Å². The number of rotatable bonds is 14. The predicted octanol–water partition coefficient (Wildman–Crippen LogP) is 0.0490. The van der Waals surface area contributed by atoms with Gasteiger partial charge in [0.1, 0.15) is 13.6 Å². The normalized spacial score (nSPS) is 10.8. The minimum atomic E-state index is -1.29. The van der Waals surface area contributed by atoms with Gasteiger partial charge in [0.25, 0.3) is 0 Å². The van der Waals surface area contributed by atoms with E-state index in [1.165, 1.54) is 6.07 Å². The number of carbonyl (C=O) groups is 2. The number of benzene rings is 1. The lowest BCUT2D eigenvalue weighted by Crippen LogP contribution is -2.13. The average molecular weight is 374 g/mol. The number of aliphatic hydroxyl groups is 2. The van der Waals surface area contributed by atoms with Crippen molar-refractivity contribution in [3.63, 3.8) is 0 Å². The monoisotopic (exact) mass is 374 g/mol. The van der Waals surface area contributed by atoms with Crippen LogP contribution in [0.1, 0.15) is 31.8 Å². The van der Waals surface area contributed by atoms with Gasteiger partial charge in [0, 0.05) is 0 Å². The highest BCUT2D eigenvalue weighted by Gasteiger charge is 2.19. The number of ether oxygens (including phenoxy) is 4. The highest BCUT2D eigenvalue weighted by atomic mass is 16.7. The molecule has 0 aliphatic rings. The van der Waals surface area contributed by atoms with Crippen LogP contribution in [0.25, 0.3) is 0 Å². The van der Waals surface area contributed by atoms with E-state index in [-0.39, 0.29) is 75.5 Å². The zero-order valence-electron chi connectivity index (χ0n) is 14.0. The maximum atomic E-state index is 11.4. The van der Waals surface area contributed by atoms with Crippen LogP contribution >= 0.6 is 0 Å².